The summed E-state index contributed by atoms with van der Waals surface area (Å²) < 4.78 is 5.47. The van der Waals surface area contributed by atoms with Crippen LogP contribution < -0.4 is 5.73 Å². The van der Waals surface area contributed by atoms with E-state index in [1.807, 2.05) is 24.3 Å². The lowest BCUT2D eigenvalue weighted by Crippen LogP contribution is -2.19. The number of hydrogen-bond acceptors (Lipinski definition) is 2. The van der Waals surface area contributed by atoms with Gasteiger partial charge < -0.3 is 10.5 Å². The van der Waals surface area contributed by atoms with E-state index in [-0.39, 0.29) is 5.60 Å². The molecule has 0 spiro atoms. The van der Waals surface area contributed by atoms with Crippen molar-refractivity contribution in [3.63, 3.8) is 0 Å². The van der Waals surface area contributed by atoms with Crippen LogP contribution in [0.15, 0.2) is 48.5 Å². The van der Waals surface area contributed by atoms with E-state index in [2.05, 4.69) is 38.1 Å². The third-order valence-electron chi connectivity index (χ3n) is 3.33. The maximum Gasteiger partial charge on any atom is 0.0871 e. The summed E-state index contributed by atoms with van der Waals surface area (Å²) in [5, 5.41) is 0. The van der Waals surface area contributed by atoms with Crippen molar-refractivity contribution in [1.29, 1.82) is 0 Å². The van der Waals surface area contributed by atoms with Crippen LogP contribution in [0.1, 0.15) is 19.4 Å². The number of nitrogen functional groups attached to an aromatic ring is 1. The van der Waals surface area contributed by atoms with Gasteiger partial charge in [-0.05, 0) is 42.7 Å². The van der Waals surface area contributed by atoms with Gasteiger partial charge in [-0.3, -0.25) is 0 Å². The van der Waals surface area contributed by atoms with Crippen LogP contribution in [0.4, 0.5) is 5.69 Å². The summed E-state index contributed by atoms with van der Waals surface area (Å²) in [6.45, 7) is 4.12. The second-order valence-electron chi connectivity index (χ2n) is 4.91. The van der Waals surface area contributed by atoms with E-state index in [4.69, 9.17) is 10.5 Å². The van der Waals surface area contributed by atoms with Gasteiger partial charge in [-0.1, -0.05) is 36.4 Å². The number of hydrogen-bond donors (Lipinski definition) is 1. The largest absolute Gasteiger partial charge is 0.399 e. The first-order chi connectivity index (χ1) is 8.53. The highest BCUT2D eigenvalue weighted by atomic mass is 16.5. The number of rotatable bonds is 3. The van der Waals surface area contributed by atoms with Gasteiger partial charge in [0, 0.05) is 12.8 Å². The number of nitrogens with two attached hydrogens (primary N) is 1. The van der Waals surface area contributed by atoms with Crippen molar-refractivity contribution in [3.8, 4) is 11.1 Å². The molecule has 2 rings (SSSR count). The Morgan fingerprint density at radius 3 is 1.72 bits per heavy atom. The van der Waals surface area contributed by atoms with E-state index in [1.165, 1.54) is 16.7 Å². The van der Waals surface area contributed by atoms with Gasteiger partial charge in [-0.2, -0.15) is 0 Å². The van der Waals surface area contributed by atoms with Crippen molar-refractivity contribution in [3.05, 3.63) is 54.1 Å². The van der Waals surface area contributed by atoms with Crippen molar-refractivity contribution >= 4 is 5.69 Å². The minimum Gasteiger partial charge on any atom is -0.399 e. The van der Waals surface area contributed by atoms with Crippen molar-refractivity contribution in [1.82, 2.24) is 0 Å². The first-order valence-electron chi connectivity index (χ1n) is 6.04. The maximum atomic E-state index is 5.69. The molecule has 0 aliphatic carbocycles. The van der Waals surface area contributed by atoms with Gasteiger partial charge in [0.2, 0.25) is 0 Å². The van der Waals surface area contributed by atoms with E-state index in [0.717, 1.165) is 5.69 Å². The Balaban J connectivity index is 2.30. The fraction of sp³-hybridized carbons (Fsp3) is 0.250. The highest BCUT2D eigenvalue weighted by Crippen LogP contribution is 2.27. The normalized spacial score (nSPS) is 11.5. The molecular formula is C16H19NO. The van der Waals surface area contributed by atoms with Crippen LogP contribution in [0.25, 0.3) is 11.1 Å². The molecule has 0 saturated heterocycles. The van der Waals surface area contributed by atoms with Crippen molar-refractivity contribution < 1.29 is 4.74 Å². The van der Waals surface area contributed by atoms with Crippen LogP contribution in [0, 0.1) is 0 Å². The summed E-state index contributed by atoms with van der Waals surface area (Å²) in [4.78, 5) is 0. The molecule has 2 N–H and O–H groups in total. The number of benzene rings is 2. The molecule has 0 saturated carbocycles. The number of methoxy groups -OCH3 is 1. The van der Waals surface area contributed by atoms with Crippen molar-refractivity contribution in [2.75, 3.05) is 12.8 Å². The summed E-state index contributed by atoms with van der Waals surface area (Å²) >= 11 is 0. The second-order valence-corrected chi connectivity index (χ2v) is 4.91. The fourth-order valence-corrected chi connectivity index (χ4v) is 1.86. The lowest BCUT2D eigenvalue weighted by Gasteiger charge is -2.23. The molecule has 0 amide bonds. The second kappa shape index (κ2) is 4.83. The zero-order chi connectivity index (χ0) is 13.2. The molecule has 0 aliphatic rings. The molecule has 2 aromatic rings. The molecule has 2 heteroatoms. The summed E-state index contributed by atoms with van der Waals surface area (Å²) in [5.74, 6) is 0. The van der Waals surface area contributed by atoms with Gasteiger partial charge in [0.15, 0.2) is 0 Å². The molecule has 94 valence electrons. The Morgan fingerprint density at radius 1 is 0.833 bits per heavy atom. The maximum absolute atomic E-state index is 5.69. The Kier molecular flexibility index (Phi) is 3.39. The van der Waals surface area contributed by atoms with E-state index in [0.29, 0.717) is 0 Å². The fourth-order valence-electron chi connectivity index (χ4n) is 1.86. The summed E-state index contributed by atoms with van der Waals surface area (Å²) in [7, 11) is 1.73. The molecule has 2 aromatic carbocycles. The zero-order valence-corrected chi connectivity index (χ0v) is 11.1. The van der Waals surface area contributed by atoms with Crippen LogP contribution >= 0.6 is 0 Å². The van der Waals surface area contributed by atoms with E-state index in [1.54, 1.807) is 7.11 Å². The predicted molar refractivity (Wildman–Crippen MR) is 76.3 cm³/mol. The Morgan fingerprint density at radius 2 is 1.28 bits per heavy atom. The molecule has 0 aromatic heterocycles. The van der Waals surface area contributed by atoms with E-state index >= 15 is 0 Å². The molecule has 0 aliphatic heterocycles. The summed E-state index contributed by atoms with van der Waals surface area (Å²) in [6.07, 6.45) is 0. The molecule has 18 heavy (non-hydrogen) atoms. The van der Waals surface area contributed by atoms with E-state index in [9.17, 15) is 0 Å². The minimum atomic E-state index is -0.250. The molecule has 0 bridgehead atoms. The van der Waals surface area contributed by atoms with Crippen LogP contribution in [-0.4, -0.2) is 7.11 Å². The third-order valence-corrected chi connectivity index (χ3v) is 3.33. The smallest absolute Gasteiger partial charge is 0.0871 e. The van der Waals surface area contributed by atoms with Crippen molar-refractivity contribution in [2.24, 2.45) is 0 Å². The molecule has 0 heterocycles. The summed E-state index contributed by atoms with van der Waals surface area (Å²) in [6, 6.07) is 16.3. The summed E-state index contributed by atoms with van der Waals surface area (Å²) in [5.41, 5.74) is 9.75. The molecule has 0 unspecified atom stereocenters. The van der Waals surface area contributed by atoms with Crippen LogP contribution in [0.5, 0.6) is 0 Å². The van der Waals surface area contributed by atoms with Gasteiger partial charge >= 0.3 is 0 Å². The van der Waals surface area contributed by atoms with Gasteiger partial charge in [-0.25, -0.2) is 0 Å². The SMILES string of the molecule is COC(C)(C)c1ccc(-c2ccc(N)cc2)cc1. The highest BCUT2D eigenvalue weighted by Gasteiger charge is 2.18. The molecular weight excluding hydrogens is 222 g/mol. The van der Waals surface area contributed by atoms with Crippen molar-refractivity contribution in [2.45, 2.75) is 19.4 Å². The lowest BCUT2D eigenvalue weighted by atomic mass is 9.95. The average Bonchev–Trinajstić information content (AvgIpc) is 2.40. The predicted octanol–water partition coefficient (Wildman–Crippen LogP) is 3.82. The van der Waals surface area contributed by atoms with E-state index < -0.39 is 0 Å². The van der Waals surface area contributed by atoms with Crippen LogP contribution in [0.2, 0.25) is 0 Å². The van der Waals surface area contributed by atoms with Gasteiger partial charge in [0.1, 0.15) is 0 Å². The van der Waals surface area contributed by atoms with Crippen LogP contribution in [-0.2, 0) is 10.3 Å². The number of anilines is 1. The Hall–Kier alpha value is -1.80. The molecule has 0 atom stereocenters. The average molecular weight is 241 g/mol. The number of ether oxygens (including phenoxy) is 1. The lowest BCUT2D eigenvalue weighted by molar-refractivity contribution is 0.0192. The molecule has 0 radical (unpaired) electrons. The van der Waals surface area contributed by atoms with Gasteiger partial charge in [-0.15, -0.1) is 0 Å². The highest BCUT2D eigenvalue weighted by molar-refractivity contribution is 5.65. The third kappa shape index (κ3) is 2.54. The minimum absolute atomic E-state index is 0.250. The molecule has 0 fully saturated rings. The standard InChI is InChI=1S/C16H19NO/c1-16(2,18-3)14-8-4-12(5-9-14)13-6-10-15(17)11-7-13/h4-11H,17H2,1-3H3. The Labute approximate surface area is 108 Å². The monoisotopic (exact) mass is 241 g/mol. The first-order valence-corrected chi connectivity index (χ1v) is 6.04. The quantitative estimate of drug-likeness (QED) is 0.829. The first kappa shape index (κ1) is 12.7. The van der Waals surface area contributed by atoms with Gasteiger partial charge in [0.05, 0.1) is 5.60 Å². The molecule has 2 nitrogen and oxygen atoms in total. The van der Waals surface area contributed by atoms with Gasteiger partial charge in [0.25, 0.3) is 0 Å². The van der Waals surface area contributed by atoms with Crippen LogP contribution in [0.3, 0.4) is 0 Å². The topological polar surface area (TPSA) is 35.2 Å². The zero-order valence-electron chi connectivity index (χ0n) is 11.1. The Bertz CT molecular complexity index is 512.